The van der Waals surface area contributed by atoms with Crippen molar-refractivity contribution in [2.45, 2.75) is 25.7 Å². The zero-order valence-corrected chi connectivity index (χ0v) is 17.3. The van der Waals surface area contributed by atoms with Crippen LogP contribution in [0.15, 0.2) is 47.4 Å². The number of aryl methyl sites for hydroxylation is 1. The van der Waals surface area contributed by atoms with E-state index >= 15 is 0 Å². The van der Waals surface area contributed by atoms with Crippen LogP contribution in [-0.4, -0.2) is 49.4 Å². The van der Waals surface area contributed by atoms with Gasteiger partial charge in [0.25, 0.3) is 5.91 Å². The molecule has 0 bridgehead atoms. The Balaban J connectivity index is 1.97. The van der Waals surface area contributed by atoms with Gasteiger partial charge >= 0.3 is 5.97 Å². The molecule has 29 heavy (non-hydrogen) atoms. The standard InChI is InChI=1S/C20H24N2O6S/c1-4-22(5-2)29(26,27)16-11-9-15(10-12-16)21-18(23)13-28-20(25)17-8-6-7-14(3)19(17)24/h6-12,24H,4-5,13H2,1-3H3,(H,21,23). The van der Waals surface area contributed by atoms with Gasteiger partial charge in [0.15, 0.2) is 6.61 Å². The summed E-state index contributed by atoms with van der Waals surface area (Å²) < 4.78 is 31.2. The molecule has 0 atom stereocenters. The summed E-state index contributed by atoms with van der Waals surface area (Å²) in [4.78, 5) is 24.1. The van der Waals surface area contributed by atoms with E-state index in [1.165, 1.54) is 34.6 Å². The zero-order chi connectivity index (χ0) is 21.6. The number of carbonyl (C=O) groups is 2. The molecule has 0 aliphatic heterocycles. The van der Waals surface area contributed by atoms with Crippen molar-refractivity contribution < 1.29 is 27.9 Å². The highest BCUT2D eigenvalue weighted by Gasteiger charge is 2.21. The number of aromatic hydroxyl groups is 1. The van der Waals surface area contributed by atoms with E-state index in [1.54, 1.807) is 32.9 Å². The SMILES string of the molecule is CCN(CC)S(=O)(=O)c1ccc(NC(=O)COC(=O)c2cccc(C)c2O)cc1. The van der Waals surface area contributed by atoms with Crippen molar-refractivity contribution in [3.05, 3.63) is 53.6 Å². The third-order valence-corrected chi connectivity index (χ3v) is 6.34. The molecule has 2 rings (SSSR count). The third kappa shape index (κ3) is 5.33. The Morgan fingerprint density at radius 2 is 1.69 bits per heavy atom. The summed E-state index contributed by atoms with van der Waals surface area (Å²) in [6, 6.07) is 10.4. The van der Waals surface area contributed by atoms with Gasteiger partial charge in [-0.2, -0.15) is 4.31 Å². The Bertz CT molecular complexity index is 983. The smallest absolute Gasteiger partial charge is 0.342 e. The second kappa shape index (κ2) is 9.53. The van der Waals surface area contributed by atoms with Gasteiger partial charge in [-0.3, -0.25) is 4.79 Å². The molecule has 0 aliphatic carbocycles. The number of esters is 1. The first-order valence-corrected chi connectivity index (χ1v) is 10.5. The Labute approximate surface area is 170 Å². The van der Waals surface area contributed by atoms with Crippen LogP contribution < -0.4 is 5.32 Å². The van der Waals surface area contributed by atoms with Crippen molar-refractivity contribution in [1.82, 2.24) is 4.31 Å². The molecule has 0 saturated carbocycles. The molecule has 0 spiro atoms. The maximum atomic E-state index is 12.5. The number of anilines is 1. The molecule has 156 valence electrons. The average molecular weight is 420 g/mol. The van der Waals surface area contributed by atoms with E-state index in [4.69, 9.17) is 4.74 Å². The van der Waals surface area contributed by atoms with Crippen LogP contribution in [0.25, 0.3) is 0 Å². The summed E-state index contributed by atoms with van der Waals surface area (Å²) in [5.41, 5.74) is 0.857. The predicted octanol–water partition coefficient (Wildman–Crippen LogP) is 2.53. The van der Waals surface area contributed by atoms with Crippen LogP contribution in [-0.2, 0) is 19.6 Å². The second-order valence-electron chi connectivity index (χ2n) is 6.21. The van der Waals surface area contributed by atoms with Crippen LogP contribution in [0.1, 0.15) is 29.8 Å². The Kier molecular flexibility index (Phi) is 7.35. The summed E-state index contributed by atoms with van der Waals surface area (Å²) in [5.74, 6) is -1.60. The number of hydrogen-bond acceptors (Lipinski definition) is 6. The lowest BCUT2D eigenvalue weighted by Gasteiger charge is -2.18. The van der Waals surface area contributed by atoms with E-state index in [0.29, 0.717) is 24.3 Å². The number of amides is 1. The molecule has 2 aromatic rings. The Morgan fingerprint density at radius 3 is 2.28 bits per heavy atom. The molecule has 2 aromatic carbocycles. The minimum Gasteiger partial charge on any atom is -0.507 e. The first-order valence-electron chi connectivity index (χ1n) is 9.06. The average Bonchev–Trinajstić information content (AvgIpc) is 2.69. The summed E-state index contributed by atoms with van der Waals surface area (Å²) in [5, 5.41) is 12.4. The van der Waals surface area contributed by atoms with Crippen molar-refractivity contribution >= 4 is 27.6 Å². The number of phenolic OH excluding ortho intramolecular Hbond substituents is 1. The number of rotatable bonds is 8. The van der Waals surface area contributed by atoms with E-state index < -0.39 is 28.5 Å². The number of para-hydroxylation sites is 1. The molecule has 0 unspecified atom stereocenters. The number of benzene rings is 2. The fraction of sp³-hybridized carbons (Fsp3) is 0.300. The molecular weight excluding hydrogens is 396 g/mol. The highest BCUT2D eigenvalue weighted by Crippen LogP contribution is 2.22. The van der Waals surface area contributed by atoms with Gasteiger partial charge in [-0.15, -0.1) is 0 Å². The van der Waals surface area contributed by atoms with Gasteiger partial charge < -0.3 is 15.2 Å². The Hall–Kier alpha value is -2.91. The highest BCUT2D eigenvalue weighted by molar-refractivity contribution is 7.89. The summed E-state index contributed by atoms with van der Waals surface area (Å²) in [7, 11) is -3.58. The lowest BCUT2D eigenvalue weighted by Crippen LogP contribution is -2.30. The van der Waals surface area contributed by atoms with Crippen molar-refractivity contribution in [2.24, 2.45) is 0 Å². The van der Waals surface area contributed by atoms with Gasteiger partial charge in [-0.25, -0.2) is 13.2 Å². The van der Waals surface area contributed by atoms with Crippen LogP contribution >= 0.6 is 0 Å². The van der Waals surface area contributed by atoms with Crippen LogP contribution in [0.5, 0.6) is 5.75 Å². The highest BCUT2D eigenvalue weighted by atomic mass is 32.2. The van der Waals surface area contributed by atoms with E-state index in [9.17, 15) is 23.1 Å². The van der Waals surface area contributed by atoms with Gasteiger partial charge in [0, 0.05) is 18.8 Å². The number of nitrogens with zero attached hydrogens (tertiary/aromatic N) is 1. The quantitative estimate of drug-likeness (QED) is 0.635. The number of nitrogens with one attached hydrogen (secondary N) is 1. The normalized spacial score (nSPS) is 11.3. The molecule has 0 aliphatic rings. The van der Waals surface area contributed by atoms with E-state index in [1.807, 2.05) is 0 Å². The van der Waals surface area contributed by atoms with Crippen molar-refractivity contribution in [3.8, 4) is 5.75 Å². The van der Waals surface area contributed by atoms with Crippen molar-refractivity contribution in [2.75, 3.05) is 25.0 Å². The van der Waals surface area contributed by atoms with Gasteiger partial charge in [-0.1, -0.05) is 26.0 Å². The summed E-state index contributed by atoms with van der Waals surface area (Å²) in [6.07, 6.45) is 0. The summed E-state index contributed by atoms with van der Waals surface area (Å²) >= 11 is 0. The molecule has 0 aromatic heterocycles. The van der Waals surface area contributed by atoms with Crippen molar-refractivity contribution in [1.29, 1.82) is 0 Å². The minimum absolute atomic E-state index is 0.0243. The molecule has 0 radical (unpaired) electrons. The molecule has 0 saturated heterocycles. The number of sulfonamides is 1. The number of phenols is 1. The van der Waals surface area contributed by atoms with Crippen LogP contribution in [0.2, 0.25) is 0 Å². The number of ether oxygens (including phenoxy) is 1. The first kappa shape index (κ1) is 22.4. The lowest BCUT2D eigenvalue weighted by molar-refractivity contribution is -0.119. The molecule has 0 fully saturated rings. The first-order chi connectivity index (χ1) is 13.7. The van der Waals surface area contributed by atoms with E-state index in [2.05, 4.69) is 5.32 Å². The predicted molar refractivity (Wildman–Crippen MR) is 108 cm³/mol. The zero-order valence-electron chi connectivity index (χ0n) is 16.5. The topological polar surface area (TPSA) is 113 Å². The molecule has 9 heteroatoms. The van der Waals surface area contributed by atoms with Gasteiger partial charge in [-0.05, 0) is 42.8 Å². The number of carbonyl (C=O) groups excluding carboxylic acids is 2. The van der Waals surface area contributed by atoms with Gasteiger partial charge in [0.2, 0.25) is 10.0 Å². The maximum Gasteiger partial charge on any atom is 0.342 e. The van der Waals surface area contributed by atoms with Crippen LogP contribution in [0.3, 0.4) is 0 Å². The van der Waals surface area contributed by atoms with Crippen molar-refractivity contribution in [3.63, 3.8) is 0 Å². The van der Waals surface area contributed by atoms with Crippen LogP contribution in [0, 0.1) is 6.92 Å². The molecule has 8 nitrogen and oxygen atoms in total. The van der Waals surface area contributed by atoms with Gasteiger partial charge in [0.05, 0.1) is 4.90 Å². The van der Waals surface area contributed by atoms with Gasteiger partial charge in [0.1, 0.15) is 11.3 Å². The minimum atomic E-state index is -3.58. The fourth-order valence-electron chi connectivity index (χ4n) is 2.65. The molecule has 0 heterocycles. The van der Waals surface area contributed by atoms with Crippen LogP contribution in [0.4, 0.5) is 5.69 Å². The monoisotopic (exact) mass is 420 g/mol. The molecular formula is C20H24N2O6S. The fourth-order valence-corrected chi connectivity index (χ4v) is 4.11. The Morgan fingerprint density at radius 1 is 1.07 bits per heavy atom. The molecule has 1 amide bonds. The lowest BCUT2D eigenvalue weighted by atomic mass is 10.1. The maximum absolute atomic E-state index is 12.5. The largest absolute Gasteiger partial charge is 0.507 e. The second-order valence-corrected chi connectivity index (χ2v) is 8.15. The van der Waals surface area contributed by atoms with E-state index in [0.717, 1.165) is 0 Å². The molecule has 2 N–H and O–H groups in total. The summed E-state index contributed by atoms with van der Waals surface area (Å²) in [6.45, 7) is 5.33. The van der Waals surface area contributed by atoms with E-state index in [-0.39, 0.29) is 16.2 Å². The third-order valence-electron chi connectivity index (χ3n) is 4.27. The number of hydrogen-bond donors (Lipinski definition) is 2.